The molecule has 0 unspecified atom stereocenters. The molecule has 1 aliphatic heterocycles. The Morgan fingerprint density at radius 2 is 1.96 bits per heavy atom. The van der Waals surface area contributed by atoms with Gasteiger partial charge in [0.1, 0.15) is 5.54 Å². The number of anilines is 1. The number of esters is 1. The number of nitrogens with zero attached hydrogens (tertiary/aromatic N) is 1. The van der Waals surface area contributed by atoms with E-state index in [1.807, 2.05) is 0 Å². The lowest BCUT2D eigenvalue weighted by Gasteiger charge is -2.16. The van der Waals surface area contributed by atoms with E-state index < -0.39 is 29.6 Å². The van der Waals surface area contributed by atoms with E-state index in [1.54, 1.807) is 38.1 Å². The third-order valence-corrected chi connectivity index (χ3v) is 4.35. The minimum atomic E-state index is -1.01. The predicted molar refractivity (Wildman–Crippen MR) is 99.2 cm³/mol. The van der Waals surface area contributed by atoms with Gasteiger partial charge in [-0.1, -0.05) is 23.7 Å². The van der Waals surface area contributed by atoms with Gasteiger partial charge in [0.05, 0.1) is 10.7 Å². The van der Waals surface area contributed by atoms with Crippen molar-refractivity contribution >= 4 is 41.1 Å². The molecule has 0 aromatic heterocycles. The summed E-state index contributed by atoms with van der Waals surface area (Å²) in [5, 5.41) is 5.52. The lowest BCUT2D eigenvalue weighted by molar-refractivity contribution is -0.153. The summed E-state index contributed by atoms with van der Waals surface area (Å²) in [6.45, 7) is 4.77. The highest BCUT2D eigenvalue weighted by molar-refractivity contribution is 6.33. The number of halogens is 1. The number of hydrogen-bond donors (Lipinski definition) is 2. The van der Waals surface area contributed by atoms with Crippen LogP contribution in [0.15, 0.2) is 24.3 Å². The number of para-hydroxylation sites is 1. The molecule has 1 fully saturated rings. The molecule has 0 bridgehead atoms. The summed E-state index contributed by atoms with van der Waals surface area (Å²) in [7, 11) is 0. The number of carbonyl (C=O) groups excluding carboxylic acids is 4. The second-order valence-corrected chi connectivity index (χ2v) is 7.12. The molecule has 2 rings (SSSR count). The first kappa shape index (κ1) is 20.7. The molecular formula is C18H22ClN3O5. The topological polar surface area (TPSA) is 105 Å². The van der Waals surface area contributed by atoms with Gasteiger partial charge >= 0.3 is 12.0 Å². The SMILES string of the molecule is C[C@@H](OC(=O)CCCN1C(=O)NC(C)(C)C1=O)C(=O)Nc1ccccc1Cl. The fourth-order valence-electron chi connectivity index (χ4n) is 2.51. The molecular weight excluding hydrogens is 374 g/mol. The van der Waals surface area contributed by atoms with Gasteiger partial charge in [0.15, 0.2) is 6.10 Å². The summed E-state index contributed by atoms with van der Waals surface area (Å²) in [6, 6.07) is 6.23. The molecule has 1 saturated heterocycles. The van der Waals surface area contributed by atoms with Gasteiger partial charge in [-0.15, -0.1) is 0 Å². The van der Waals surface area contributed by atoms with Gasteiger partial charge in [-0.2, -0.15) is 0 Å². The lowest BCUT2D eigenvalue weighted by Crippen LogP contribution is -2.40. The second-order valence-electron chi connectivity index (χ2n) is 6.72. The van der Waals surface area contributed by atoms with E-state index in [0.717, 1.165) is 4.90 Å². The zero-order chi connectivity index (χ0) is 20.2. The van der Waals surface area contributed by atoms with Crippen LogP contribution in [0, 0.1) is 0 Å². The van der Waals surface area contributed by atoms with Crippen molar-refractivity contribution in [2.24, 2.45) is 0 Å². The van der Waals surface area contributed by atoms with Crippen LogP contribution < -0.4 is 10.6 Å². The van der Waals surface area contributed by atoms with E-state index in [-0.39, 0.29) is 25.3 Å². The third kappa shape index (κ3) is 5.19. The monoisotopic (exact) mass is 395 g/mol. The van der Waals surface area contributed by atoms with Crippen LogP contribution in [0.3, 0.4) is 0 Å². The molecule has 1 atom stereocenters. The highest BCUT2D eigenvalue weighted by Gasteiger charge is 2.43. The Labute approximate surface area is 162 Å². The second kappa shape index (κ2) is 8.39. The highest BCUT2D eigenvalue weighted by atomic mass is 35.5. The summed E-state index contributed by atoms with van der Waals surface area (Å²) in [4.78, 5) is 48.9. The first-order chi connectivity index (χ1) is 12.6. The first-order valence-corrected chi connectivity index (χ1v) is 8.88. The van der Waals surface area contributed by atoms with Crippen LogP contribution in [0.4, 0.5) is 10.5 Å². The number of imide groups is 1. The van der Waals surface area contributed by atoms with Gasteiger partial charge < -0.3 is 15.4 Å². The number of rotatable bonds is 7. The maximum Gasteiger partial charge on any atom is 0.325 e. The molecule has 27 heavy (non-hydrogen) atoms. The zero-order valence-corrected chi connectivity index (χ0v) is 16.1. The fourth-order valence-corrected chi connectivity index (χ4v) is 2.69. The maximum atomic E-state index is 12.1. The van der Waals surface area contributed by atoms with Crippen LogP contribution >= 0.6 is 11.6 Å². The van der Waals surface area contributed by atoms with Gasteiger partial charge in [-0.3, -0.25) is 19.3 Å². The Morgan fingerprint density at radius 1 is 1.30 bits per heavy atom. The van der Waals surface area contributed by atoms with Crippen molar-refractivity contribution in [3.8, 4) is 0 Å². The van der Waals surface area contributed by atoms with Gasteiger partial charge in [0.25, 0.3) is 11.8 Å². The van der Waals surface area contributed by atoms with E-state index in [2.05, 4.69) is 10.6 Å². The quantitative estimate of drug-likeness (QED) is 0.544. The Balaban J connectivity index is 1.77. The van der Waals surface area contributed by atoms with Crippen molar-refractivity contribution in [2.45, 2.75) is 45.3 Å². The van der Waals surface area contributed by atoms with Crippen LogP contribution in [0.5, 0.6) is 0 Å². The summed E-state index contributed by atoms with van der Waals surface area (Å²) in [6.07, 6.45) is -0.793. The largest absolute Gasteiger partial charge is 0.453 e. The van der Waals surface area contributed by atoms with Gasteiger partial charge in [0, 0.05) is 13.0 Å². The summed E-state index contributed by atoms with van der Waals surface area (Å²) in [5.41, 5.74) is -0.517. The van der Waals surface area contributed by atoms with E-state index in [4.69, 9.17) is 16.3 Å². The molecule has 1 aromatic carbocycles. The molecule has 1 aliphatic rings. The van der Waals surface area contributed by atoms with Crippen molar-refractivity contribution in [1.82, 2.24) is 10.2 Å². The Kier molecular flexibility index (Phi) is 6.43. The van der Waals surface area contributed by atoms with Crippen LogP contribution in [-0.2, 0) is 19.1 Å². The minimum Gasteiger partial charge on any atom is -0.453 e. The van der Waals surface area contributed by atoms with Crippen LogP contribution in [0.25, 0.3) is 0 Å². The van der Waals surface area contributed by atoms with Crippen molar-refractivity contribution in [2.75, 3.05) is 11.9 Å². The average Bonchev–Trinajstić information content (AvgIpc) is 2.78. The molecule has 1 aromatic rings. The number of amides is 4. The van der Waals surface area contributed by atoms with Crippen LogP contribution in [0.1, 0.15) is 33.6 Å². The van der Waals surface area contributed by atoms with E-state index in [0.29, 0.717) is 10.7 Å². The molecule has 0 spiro atoms. The standard InChI is InChI=1S/C18H22ClN3O5/c1-11(15(24)20-13-8-5-4-7-12(13)19)27-14(23)9-6-10-22-16(25)18(2,3)21-17(22)26/h4-5,7-8,11H,6,9-10H2,1-3H3,(H,20,24)(H,21,26)/t11-/m1/s1. The Morgan fingerprint density at radius 3 is 2.56 bits per heavy atom. The predicted octanol–water partition coefficient (Wildman–Crippen LogP) is 2.32. The fraction of sp³-hybridized carbons (Fsp3) is 0.444. The molecule has 2 N–H and O–H groups in total. The van der Waals surface area contributed by atoms with Crippen molar-refractivity contribution < 1.29 is 23.9 Å². The average molecular weight is 396 g/mol. The highest BCUT2D eigenvalue weighted by Crippen LogP contribution is 2.21. The summed E-state index contributed by atoms with van der Waals surface area (Å²) < 4.78 is 5.09. The van der Waals surface area contributed by atoms with E-state index >= 15 is 0 Å². The molecule has 4 amide bonds. The Hall–Kier alpha value is -2.61. The number of urea groups is 1. The first-order valence-electron chi connectivity index (χ1n) is 8.51. The molecule has 0 radical (unpaired) electrons. The number of carbonyl (C=O) groups is 4. The third-order valence-electron chi connectivity index (χ3n) is 4.02. The molecule has 9 heteroatoms. The summed E-state index contributed by atoms with van der Waals surface area (Å²) >= 11 is 5.97. The van der Waals surface area contributed by atoms with E-state index in [1.165, 1.54) is 6.92 Å². The summed E-state index contributed by atoms with van der Waals surface area (Å²) in [5.74, 6) is -1.44. The van der Waals surface area contributed by atoms with Crippen molar-refractivity contribution in [3.63, 3.8) is 0 Å². The van der Waals surface area contributed by atoms with E-state index in [9.17, 15) is 19.2 Å². The number of nitrogens with one attached hydrogen (secondary N) is 2. The van der Waals surface area contributed by atoms with Gasteiger partial charge in [-0.25, -0.2) is 4.79 Å². The number of hydrogen-bond acceptors (Lipinski definition) is 5. The van der Waals surface area contributed by atoms with Crippen LogP contribution in [0.2, 0.25) is 5.02 Å². The lowest BCUT2D eigenvalue weighted by atomic mass is 10.1. The maximum absolute atomic E-state index is 12.1. The number of benzene rings is 1. The van der Waals surface area contributed by atoms with Crippen molar-refractivity contribution in [1.29, 1.82) is 0 Å². The normalized spacial score (nSPS) is 16.7. The zero-order valence-electron chi connectivity index (χ0n) is 15.4. The van der Waals surface area contributed by atoms with Gasteiger partial charge in [0.2, 0.25) is 0 Å². The van der Waals surface area contributed by atoms with Crippen molar-refractivity contribution in [3.05, 3.63) is 29.3 Å². The van der Waals surface area contributed by atoms with Crippen LogP contribution in [-0.4, -0.2) is 46.9 Å². The molecule has 0 aliphatic carbocycles. The van der Waals surface area contributed by atoms with Gasteiger partial charge in [-0.05, 0) is 39.3 Å². The molecule has 0 saturated carbocycles. The molecule has 1 heterocycles. The molecule has 146 valence electrons. The Bertz CT molecular complexity index is 765. The minimum absolute atomic E-state index is 0.0266. The number of ether oxygens (including phenoxy) is 1. The molecule has 8 nitrogen and oxygen atoms in total. The smallest absolute Gasteiger partial charge is 0.325 e.